The van der Waals surface area contributed by atoms with Gasteiger partial charge in [0.1, 0.15) is 0 Å². The molecule has 0 spiro atoms. The van der Waals surface area contributed by atoms with Gasteiger partial charge >= 0.3 is 7.12 Å². The number of carbonyl (C=O) groups excluding carboxylic acids is 2. The molecule has 1 saturated heterocycles. The number of likely N-dealkylation sites (tertiary alicyclic amines) is 1. The van der Waals surface area contributed by atoms with E-state index in [0.29, 0.717) is 25.9 Å². The van der Waals surface area contributed by atoms with E-state index < -0.39 is 13.1 Å². The second kappa shape index (κ2) is 9.21. The lowest BCUT2D eigenvalue weighted by molar-refractivity contribution is -0.133. The van der Waals surface area contributed by atoms with Crippen molar-refractivity contribution in [2.24, 2.45) is 0 Å². The first-order chi connectivity index (χ1) is 13.4. The van der Waals surface area contributed by atoms with Crippen LogP contribution < -0.4 is 5.32 Å². The fourth-order valence-electron chi connectivity index (χ4n) is 3.81. The minimum absolute atomic E-state index is 0.0871. The second-order valence-electron chi connectivity index (χ2n) is 7.52. The van der Waals surface area contributed by atoms with Crippen LogP contribution in [0.25, 0.3) is 10.8 Å². The summed E-state index contributed by atoms with van der Waals surface area (Å²) in [6, 6.07) is 12.0. The van der Waals surface area contributed by atoms with Crippen molar-refractivity contribution >= 4 is 29.7 Å². The maximum Gasteiger partial charge on any atom is 0.475 e. The first kappa shape index (κ1) is 20.4. The third kappa shape index (κ3) is 5.11. The van der Waals surface area contributed by atoms with E-state index >= 15 is 0 Å². The van der Waals surface area contributed by atoms with Crippen LogP contribution in [0.5, 0.6) is 0 Å². The van der Waals surface area contributed by atoms with Crippen molar-refractivity contribution in [3.05, 3.63) is 47.5 Å². The summed E-state index contributed by atoms with van der Waals surface area (Å²) in [7, 11) is -1.67. The Balaban J connectivity index is 1.65. The van der Waals surface area contributed by atoms with Crippen LogP contribution in [0.15, 0.2) is 36.4 Å². The van der Waals surface area contributed by atoms with Crippen LogP contribution in [0.1, 0.15) is 36.8 Å². The zero-order valence-electron chi connectivity index (χ0n) is 16.2. The number of aryl methyl sites for hydroxylation is 1. The number of nitrogens with zero attached hydrogens (tertiary/aromatic N) is 1. The van der Waals surface area contributed by atoms with Crippen LogP contribution in [0.4, 0.5) is 0 Å². The second-order valence-corrected chi connectivity index (χ2v) is 7.52. The molecule has 28 heavy (non-hydrogen) atoms. The van der Waals surface area contributed by atoms with E-state index in [1.165, 1.54) is 0 Å². The fraction of sp³-hybridized carbons (Fsp3) is 0.429. The van der Waals surface area contributed by atoms with Gasteiger partial charge in [-0.1, -0.05) is 42.0 Å². The molecule has 1 aliphatic rings. The molecule has 1 heterocycles. The molecule has 3 rings (SSSR count). The molecule has 2 aromatic rings. The van der Waals surface area contributed by atoms with Gasteiger partial charge in [-0.05, 0) is 42.5 Å². The van der Waals surface area contributed by atoms with Crippen molar-refractivity contribution in [2.45, 2.75) is 45.0 Å². The Morgan fingerprint density at radius 3 is 2.79 bits per heavy atom. The molecule has 2 aromatic carbocycles. The number of nitrogens with one attached hydrogen (secondary N) is 1. The Morgan fingerprint density at radius 2 is 2.04 bits per heavy atom. The van der Waals surface area contributed by atoms with Crippen molar-refractivity contribution in [1.29, 1.82) is 0 Å². The molecule has 0 saturated carbocycles. The van der Waals surface area contributed by atoms with Crippen LogP contribution in [0, 0.1) is 6.92 Å². The minimum Gasteiger partial charge on any atom is -0.426 e. The van der Waals surface area contributed by atoms with Crippen molar-refractivity contribution in [1.82, 2.24) is 10.2 Å². The average Bonchev–Trinajstić information content (AvgIpc) is 2.66. The van der Waals surface area contributed by atoms with E-state index in [1.54, 1.807) is 4.90 Å². The van der Waals surface area contributed by atoms with Gasteiger partial charge in [0.2, 0.25) is 11.8 Å². The molecule has 7 heteroatoms. The number of hydrogen-bond acceptors (Lipinski definition) is 4. The number of hydrogen-bond donors (Lipinski definition) is 3. The Morgan fingerprint density at radius 1 is 1.25 bits per heavy atom. The van der Waals surface area contributed by atoms with Crippen molar-refractivity contribution < 1.29 is 19.6 Å². The van der Waals surface area contributed by atoms with E-state index in [4.69, 9.17) is 0 Å². The number of fused-ring (bicyclic) bond motifs is 1. The van der Waals surface area contributed by atoms with Crippen LogP contribution in [0.2, 0.25) is 0 Å². The summed E-state index contributed by atoms with van der Waals surface area (Å²) < 4.78 is 0. The first-order valence-corrected chi connectivity index (χ1v) is 9.85. The smallest absolute Gasteiger partial charge is 0.426 e. The summed E-state index contributed by atoms with van der Waals surface area (Å²) >= 11 is 0. The molecular formula is C21H27BN2O4. The lowest BCUT2D eigenvalue weighted by atomic mass is 9.75. The van der Waals surface area contributed by atoms with Crippen LogP contribution >= 0.6 is 0 Å². The molecule has 0 radical (unpaired) electrons. The van der Waals surface area contributed by atoms with Gasteiger partial charge in [-0.2, -0.15) is 0 Å². The monoisotopic (exact) mass is 382 g/mol. The van der Waals surface area contributed by atoms with Gasteiger partial charge in [-0.3, -0.25) is 9.59 Å². The molecule has 2 amide bonds. The van der Waals surface area contributed by atoms with E-state index in [2.05, 4.69) is 11.4 Å². The zero-order valence-corrected chi connectivity index (χ0v) is 16.2. The number of rotatable bonds is 7. The number of benzene rings is 2. The lowest BCUT2D eigenvalue weighted by Gasteiger charge is -2.27. The number of carbonyl (C=O) groups is 2. The Kier molecular flexibility index (Phi) is 6.70. The Labute approximate surface area is 165 Å². The van der Waals surface area contributed by atoms with Gasteiger partial charge in [-0.15, -0.1) is 0 Å². The molecule has 0 aliphatic carbocycles. The average molecular weight is 382 g/mol. The van der Waals surface area contributed by atoms with Gasteiger partial charge in [0.05, 0.1) is 5.94 Å². The highest BCUT2D eigenvalue weighted by Gasteiger charge is 2.27. The Hall–Kier alpha value is -2.38. The van der Waals surface area contributed by atoms with Crippen LogP contribution in [-0.4, -0.2) is 52.9 Å². The summed E-state index contributed by atoms with van der Waals surface area (Å²) in [5.41, 5.74) is 2.04. The summed E-state index contributed by atoms with van der Waals surface area (Å²) in [6.07, 6.45) is 2.88. The third-order valence-electron chi connectivity index (χ3n) is 5.27. The molecule has 0 aromatic heterocycles. The SMILES string of the molecule is Cc1cc(C[C@H](NC(=O)CCN2CCCCC2=O)B(O)O)c2ccccc2c1. The van der Waals surface area contributed by atoms with Crippen molar-refractivity contribution in [3.63, 3.8) is 0 Å². The highest BCUT2D eigenvalue weighted by atomic mass is 16.4. The molecule has 1 fully saturated rings. The quantitative estimate of drug-likeness (QED) is 0.635. The number of amides is 2. The summed E-state index contributed by atoms with van der Waals surface area (Å²) in [5, 5.41) is 24.4. The van der Waals surface area contributed by atoms with E-state index in [9.17, 15) is 19.6 Å². The summed E-state index contributed by atoms with van der Waals surface area (Å²) in [4.78, 5) is 25.9. The van der Waals surface area contributed by atoms with Gasteiger partial charge in [0.25, 0.3) is 0 Å². The van der Waals surface area contributed by atoms with Gasteiger partial charge in [0, 0.05) is 25.9 Å². The first-order valence-electron chi connectivity index (χ1n) is 9.85. The van der Waals surface area contributed by atoms with Crippen molar-refractivity contribution in [3.8, 4) is 0 Å². The van der Waals surface area contributed by atoms with E-state index in [1.807, 2.05) is 37.3 Å². The topological polar surface area (TPSA) is 89.9 Å². The molecular weight excluding hydrogens is 355 g/mol. The van der Waals surface area contributed by atoms with Crippen LogP contribution in [0.3, 0.4) is 0 Å². The molecule has 6 nitrogen and oxygen atoms in total. The molecule has 3 N–H and O–H groups in total. The van der Waals surface area contributed by atoms with Gasteiger partial charge in [0.15, 0.2) is 0 Å². The minimum atomic E-state index is -1.67. The Bertz CT molecular complexity index is 855. The largest absolute Gasteiger partial charge is 0.475 e. The molecule has 1 aliphatic heterocycles. The van der Waals surface area contributed by atoms with Crippen LogP contribution in [-0.2, 0) is 16.0 Å². The van der Waals surface area contributed by atoms with Gasteiger partial charge < -0.3 is 20.3 Å². The van der Waals surface area contributed by atoms with Crippen molar-refractivity contribution in [2.75, 3.05) is 13.1 Å². The highest BCUT2D eigenvalue weighted by Crippen LogP contribution is 2.22. The predicted octanol–water partition coefficient (Wildman–Crippen LogP) is 1.59. The van der Waals surface area contributed by atoms with Gasteiger partial charge in [-0.25, -0.2) is 0 Å². The van der Waals surface area contributed by atoms with E-state index in [0.717, 1.165) is 34.7 Å². The molecule has 0 bridgehead atoms. The fourth-order valence-corrected chi connectivity index (χ4v) is 3.81. The summed E-state index contributed by atoms with van der Waals surface area (Å²) in [6.45, 7) is 3.05. The summed E-state index contributed by atoms with van der Waals surface area (Å²) in [5.74, 6) is -1.01. The maximum absolute atomic E-state index is 12.4. The third-order valence-corrected chi connectivity index (χ3v) is 5.27. The number of piperidine rings is 1. The molecule has 148 valence electrons. The lowest BCUT2D eigenvalue weighted by Crippen LogP contribution is -2.48. The highest BCUT2D eigenvalue weighted by molar-refractivity contribution is 6.43. The predicted molar refractivity (Wildman–Crippen MR) is 110 cm³/mol. The molecule has 1 atom stereocenters. The normalized spacial score (nSPS) is 15.5. The van der Waals surface area contributed by atoms with E-state index in [-0.39, 0.29) is 18.2 Å². The standard InChI is InChI=1S/C21H27BN2O4/c1-15-12-16-6-2-3-7-18(16)17(13-15)14-19(22(27)28)23-20(25)9-11-24-10-5-4-8-21(24)26/h2-3,6-7,12-13,19,27-28H,4-5,8-11,14H2,1H3,(H,23,25)/t19-/m0/s1. The molecule has 0 unspecified atom stereocenters. The zero-order chi connectivity index (χ0) is 20.1. The maximum atomic E-state index is 12.4.